The zero-order valence-electron chi connectivity index (χ0n) is 10.9. The SMILES string of the molecule is CCOP(=O)(OCC)C(O)CCc1ccccc1. The second kappa shape index (κ2) is 7.70. The summed E-state index contributed by atoms with van der Waals surface area (Å²) >= 11 is 0. The van der Waals surface area contributed by atoms with E-state index in [1.807, 2.05) is 30.3 Å². The fraction of sp³-hybridized carbons (Fsp3) is 0.538. The van der Waals surface area contributed by atoms with Gasteiger partial charge in [0.05, 0.1) is 13.2 Å². The normalized spacial score (nSPS) is 13.5. The summed E-state index contributed by atoms with van der Waals surface area (Å²) in [6.45, 7) is 3.99. The van der Waals surface area contributed by atoms with Crippen LogP contribution in [-0.2, 0) is 20.0 Å². The molecule has 1 rings (SSSR count). The topological polar surface area (TPSA) is 55.8 Å². The van der Waals surface area contributed by atoms with Gasteiger partial charge < -0.3 is 14.2 Å². The Morgan fingerprint density at radius 2 is 1.72 bits per heavy atom. The maximum atomic E-state index is 12.2. The van der Waals surface area contributed by atoms with Crippen LogP contribution in [0.3, 0.4) is 0 Å². The minimum Gasteiger partial charge on any atom is -0.380 e. The molecule has 0 spiro atoms. The molecule has 0 amide bonds. The first-order valence-corrected chi connectivity index (χ1v) is 7.84. The van der Waals surface area contributed by atoms with Crippen LogP contribution in [0.15, 0.2) is 30.3 Å². The highest BCUT2D eigenvalue weighted by Gasteiger charge is 2.33. The lowest BCUT2D eigenvalue weighted by atomic mass is 10.1. The average molecular weight is 272 g/mol. The van der Waals surface area contributed by atoms with E-state index in [1.54, 1.807) is 13.8 Å². The van der Waals surface area contributed by atoms with Gasteiger partial charge in [0, 0.05) is 0 Å². The highest BCUT2D eigenvalue weighted by molar-refractivity contribution is 7.54. The van der Waals surface area contributed by atoms with Gasteiger partial charge in [0.1, 0.15) is 0 Å². The predicted molar refractivity (Wildman–Crippen MR) is 71.6 cm³/mol. The van der Waals surface area contributed by atoms with Gasteiger partial charge in [0.2, 0.25) is 0 Å². The van der Waals surface area contributed by atoms with Crippen molar-refractivity contribution in [1.82, 2.24) is 0 Å². The van der Waals surface area contributed by atoms with Gasteiger partial charge in [-0.25, -0.2) is 0 Å². The molecule has 1 aromatic carbocycles. The molecule has 102 valence electrons. The molecule has 5 heteroatoms. The number of benzene rings is 1. The van der Waals surface area contributed by atoms with Crippen LogP contribution in [0.2, 0.25) is 0 Å². The second-order valence-electron chi connectivity index (χ2n) is 3.88. The monoisotopic (exact) mass is 272 g/mol. The molecule has 18 heavy (non-hydrogen) atoms. The molecular formula is C13H21O4P. The number of aliphatic hydroxyl groups excluding tert-OH is 1. The van der Waals surface area contributed by atoms with E-state index in [9.17, 15) is 9.67 Å². The van der Waals surface area contributed by atoms with Gasteiger partial charge in [0.25, 0.3) is 0 Å². The minimum atomic E-state index is -3.39. The summed E-state index contributed by atoms with van der Waals surface area (Å²) < 4.78 is 22.4. The summed E-state index contributed by atoms with van der Waals surface area (Å²) in [6.07, 6.45) is 1.01. The molecule has 0 bridgehead atoms. The van der Waals surface area contributed by atoms with Gasteiger partial charge in [-0.1, -0.05) is 30.3 Å². The molecule has 0 aliphatic rings. The Morgan fingerprint density at radius 3 is 2.22 bits per heavy atom. The number of aliphatic hydroxyl groups is 1. The molecule has 1 aromatic rings. The molecule has 0 heterocycles. The molecule has 1 N–H and O–H groups in total. The van der Waals surface area contributed by atoms with E-state index in [-0.39, 0.29) is 13.2 Å². The van der Waals surface area contributed by atoms with Gasteiger partial charge in [0.15, 0.2) is 5.85 Å². The molecule has 0 fully saturated rings. The first kappa shape index (κ1) is 15.4. The predicted octanol–water partition coefficient (Wildman–Crippen LogP) is 3.20. The number of hydrogen-bond donors (Lipinski definition) is 1. The Bertz CT molecular complexity index is 370. The quantitative estimate of drug-likeness (QED) is 0.738. The van der Waals surface area contributed by atoms with E-state index in [2.05, 4.69) is 0 Å². The zero-order valence-corrected chi connectivity index (χ0v) is 11.8. The lowest BCUT2D eigenvalue weighted by Crippen LogP contribution is -2.13. The Morgan fingerprint density at radius 1 is 1.17 bits per heavy atom. The van der Waals surface area contributed by atoms with Crippen molar-refractivity contribution in [1.29, 1.82) is 0 Å². The highest BCUT2D eigenvalue weighted by atomic mass is 31.2. The van der Waals surface area contributed by atoms with Crippen molar-refractivity contribution in [2.45, 2.75) is 32.5 Å². The second-order valence-corrected chi connectivity index (χ2v) is 6.07. The van der Waals surface area contributed by atoms with Crippen molar-refractivity contribution in [3.8, 4) is 0 Å². The van der Waals surface area contributed by atoms with E-state index >= 15 is 0 Å². The van der Waals surface area contributed by atoms with E-state index in [0.29, 0.717) is 12.8 Å². The number of hydrogen-bond acceptors (Lipinski definition) is 4. The Balaban J connectivity index is 2.57. The smallest absolute Gasteiger partial charge is 0.358 e. The molecule has 0 saturated heterocycles. The summed E-state index contributed by atoms with van der Waals surface area (Å²) in [7, 11) is -3.39. The van der Waals surface area contributed by atoms with Crippen LogP contribution in [0, 0.1) is 0 Å². The average Bonchev–Trinajstić information content (AvgIpc) is 2.37. The molecule has 0 saturated carbocycles. The fourth-order valence-electron chi connectivity index (χ4n) is 1.67. The van der Waals surface area contributed by atoms with Crippen LogP contribution >= 0.6 is 7.60 Å². The summed E-state index contributed by atoms with van der Waals surface area (Å²) in [5, 5.41) is 9.98. The molecule has 0 aliphatic carbocycles. The third-order valence-electron chi connectivity index (χ3n) is 2.52. The Kier molecular flexibility index (Phi) is 6.58. The van der Waals surface area contributed by atoms with Crippen LogP contribution in [0.25, 0.3) is 0 Å². The third-order valence-corrected chi connectivity index (χ3v) is 4.74. The lowest BCUT2D eigenvalue weighted by molar-refractivity contribution is 0.144. The van der Waals surface area contributed by atoms with Crippen LogP contribution in [-0.4, -0.2) is 24.2 Å². The van der Waals surface area contributed by atoms with Gasteiger partial charge in [-0.2, -0.15) is 0 Å². The van der Waals surface area contributed by atoms with Crippen LogP contribution in [0.5, 0.6) is 0 Å². The lowest BCUT2D eigenvalue weighted by Gasteiger charge is -2.22. The molecule has 1 unspecified atom stereocenters. The molecule has 0 aromatic heterocycles. The Labute approximate surface area is 108 Å². The first-order chi connectivity index (χ1) is 8.62. The molecule has 4 nitrogen and oxygen atoms in total. The van der Waals surface area contributed by atoms with Crippen molar-refractivity contribution >= 4 is 7.60 Å². The number of rotatable bonds is 8. The van der Waals surface area contributed by atoms with E-state index in [0.717, 1.165) is 5.56 Å². The van der Waals surface area contributed by atoms with E-state index in [1.165, 1.54) is 0 Å². The van der Waals surface area contributed by atoms with Crippen molar-refractivity contribution in [3.63, 3.8) is 0 Å². The van der Waals surface area contributed by atoms with Crippen molar-refractivity contribution in [2.75, 3.05) is 13.2 Å². The fourth-order valence-corrected chi connectivity index (χ4v) is 3.25. The standard InChI is InChI=1S/C13H21O4P/c1-3-16-18(15,17-4-2)13(14)11-10-12-8-6-5-7-9-12/h5-9,13-14H,3-4,10-11H2,1-2H3. The summed E-state index contributed by atoms with van der Waals surface area (Å²) in [5.41, 5.74) is 1.09. The molecule has 0 aliphatic heterocycles. The minimum absolute atomic E-state index is 0.264. The summed E-state index contributed by atoms with van der Waals surface area (Å²) in [4.78, 5) is 0. The summed E-state index contributed by atoms with van der Waals surface area (Å²) in [5.74, 6) is -1.07. The van der Waals surface area contributed by atoms with Gasteiger partial charge in [-0.3, -0.25) is 4.57 Å². The van der Waals surface area contributed by atoms with Crippen molar-refractivity contribution in [3.05, 3.63) is 35.9 Å². The molecule has 1 atom stereocenters. The summed E-state index contributed by atoms with van der Waals surface area (Å²) in [6, 6.07) is 9.75. The van der Waals surface area contributed by atoms with Crippen LogP contribution in [0.1, 0.15) is 25.8 Å². The van der Waals surface area contributed by atoms with Crippen molar-refractivity contribution < 1.29 is 18.7 Å². The third kappa shape index (κ3) is 4.54. The van der Waals surface area contributed by atoms with Gasteiger partial charge in [-0.15, -0.1) is 0 Å². The molecular weight excluding hydrogens is 251 g/mol. The van der Waals surface area contributed by atoms with Gasteiger partial charge >= 0.3 is 7.60 Å². The number of aryl methyl sites for hydroxylation is 1. The molecule has 0 radical (unpaired) electrons. The largest absolute Gasteiger partial charge is 0.380 e. The zero-order chi connectivity index (χ0) is 13.4. The van der Waals surface area contributed by atoms with E-state index < -0.39 is 13.4 Å². The van der Waals surface area contributed by atoms with Crippen LogP contribution in [0.4, 0.5) is 0 Å². The maximum Gasteiger partial charge on any atom is 0.358 e. The first-order valence-electron chi connectivity index (χ1n) is 6.23. The van der Waals surface area contributed by atoms with Crippen molar-refractivity contribution in [2.24, 2.45) is 0 Å². The maximum absolute atomic E-state index is 12.2. The van der Waals surface area contributed by atoms with Crippen LogP contribution < -0.4 is 0 Å². The van der Waals surface area contributed by atoms with E-state index in [4.69, 9.17) is 9.05 Å². The Hall–Kier alpha value is -0.670. The van der Waals surface area contributed by atoms with Gasteiger partial charge in [-0.05, 0) is 32.3 Å². The highest BCUT2D eigenvalue weighted by Crippen LogP contribution is 2.53.